The van der Waals surface area contributed by atoms with E-state index in [0.29, 0.717) is 17.0 Å². The Morgan fingerprint density at radius 1 is 1.15 bits per heavy atom. The summed E-state index contributed by atoms with van der Waals surface area (Å²) in [5.74, 6) is 0. The maximum atomic E-state index is 3.67. The molecule has 1 N–H and O–H groups in total. The Labute approximate surface area is 127 Å². The fourth-order valence-corrected chi connectivity index (χ4v) is 3.15. The van der Waals surface area contributed by atoms with Gasteiger partial charge in [-0.25, -0.2) is 0 Å². The van der Waals surface area contributed by atoms with Gasteiger partial charge < -0.3 is 5.32 Å². The zero-order valence-corrected chi connectivity index (χ0v) is 14.9. The highest BCUT2D eigenvalue weighted by molar-refractivity contribution is 4.92. The first-order valence-electron chi connectivity index (χ1n) is 8.41. The predicted molar refractivity (Wildman–Crippen MR) is 89.3 cm³/mol. The molecule has 0 aromatic heterocycles. The SMILES string of the molecule is CCC(CC)(CNC(C)C)CN1CCN(C)C(C)(C)C1. The van der Waals surface area contributed by atoms with Crippen molar-refractivity contribution in [2.75, 3.05) is 39.8 Å². The van der Waals surface area contributed by atoms with Crippen molar-refractivity contribution in [1.29, 1.82) is 0 Å². The molecule has 20 heavy (non-hydrogen) atoms. The molecule has 1 aliphatic rings. The van der Waals surface area contributed by atoms with E-state index in [-0.39, 0.29) is 0 Å². The molecular weight excluding hydrogens is 246 g/mol. The van der Waals surface area contributed by atoms with Gasteiger partial charge in [-0.1, -0.05) is 27.7 Å². The van der Waals surface area contributed by atoms with Crippen LogP contribution in [0.15, 0.2) is 0 Å². The maximum Gasteiger partial charge on any atom is 0.0277 e. The summed E-state index contributed by atoms with van der Waals surface area (Å²) in [7, 11) is 2.25. The molecule has 0 spiro atoms. The van der Waals surface area contributed by atoms with Crippen LogP contribution in [0, 0.1) is 5.41 Å². The van der Waals surface area contributed by atoms with Crippen molar-refractivity contribution in [1.82, 2.24) is 15.1 Å². The molecule has 0 radical (unpaired) electrons. The van der Waals surface area contributed by atoms with Gasteiger partial charge in [0, 0.05) is 44.3 Å². The third-order valence-electron chi connectivity index (χ3n) is 5.34. The second kappa shape index (κ2) is 7.24. The van der Waals surface area contributed by atoms with Gasteiger partial charge in [0.25, 0.3) is 0 Å². The van der Waals surface area contributed by atoms with Gasteiger partial charge in [0.15, 0.2) is 0 Å². The van der Waals surface area contributed by atoms with E-state index in [1.165, 1.54) is 39.0 Å². The Morgan fingerprint density at radius 2 is 1.75 bits per heavy atom. The Bertz CT molecular complexity index is 282. The summed E-state index contributed by atoms with van der Waals surface area (Å²) in [5.41, 5.74) is 0.729. The van der Waals surface area contributed by atoms with Crippen LogP contribution in [0.25, 0.3) is 0 Å². The molecule has 0 atom stereocenters. The first-order valence-corrected chi connectivity index (χ1v) is 8.41. The van der Waals surface area contributed by atoms with Crippen molar-refractivity contribution in [2.24, 2.45) is 5.41 Å². The van der Waals surface area contributed by atoms with Crippen LogP contribution >= 0.6 is 0 Å². The molecule has 0 aromatic rings. The molecule has 3 heteroatoms. The summed E-state index contributed by atoms with van der Waals surface area (Å²) in [6, 6.07) is 0.580. The highest BCUT2D eigenvalue weighted by Crippen LogP contribution is 2.29. The van der Waals surface area contributed by atoms with E-state index in [0.717, 1.165) is 6.54 Å². The largest absolute Gasteiger partial charge is 0.314 e. The molecular formula is C17H37N3. The molecule has 1 rings (SSSR count). The fraction of sp³-hybridized carbons (Fsp3) is 1.00. The first-order chi connectivity index (χ1) is 9.24. The fourth-order valence-electron chi connectivity index (χ4n) is 3.15. The quantitative estimate of drug-likeness (QED) is 0.775. The van der Waals surface area contributed by atoms with Crippen molar-refractivity contribution in [2.45, 2.75) is 66.0 Å². The van der Waals surface area contributed by atoms with Crippen molar-refractivity contribution < 1.29 is 0 Å². The van der Waals surface area contributed by atoms with E-state index in [9.17, 15) is 0 Å². The van der Waals surface area contributed by atoms with E-state index in [1.54, 1.807) is 0 Å². The molecule has 120 valence electrons. The van der Waals surface area contributed by atoms with Crippen LogP contribution in [0.4, 0.5) is 0 Å². The number of piperazine rings is 1. The lowest BCUT2D eigenvalue weighted by atomic mass is 9.80. The number of nitrogens with zero attached hydrogens (tertiary/aromatic N) is 2. The van der Waals surface area contributed by atoms with Crippen LogP contribution in [-0.2, 0) is 0 Å². The van der Waals surface area contributed by atoms with Gasteiger partial charge >= 0.3 is 0 Å². The van der Waals surface area contributed by atoms with E-state index >= 15 is 0 Å². The lowest BCUT2D eigenvalue weighted by molar-refractivity contribution is 0.0131. The molecule has 0 aliphatic carbocycles. The van der Waals surface area contributed by atoms with E-state index in [1.807, 2.05) is 0 Å². The zero-order chi connectivity index (χ0) is 15.4. The van der Waals surface area contributed by atoms with Crippen LogP contribution in [0.1, 0.15) is 54.4 Å². The summed E-state index contributed by atoms with van der Waals surface area (Å²) in [5, 5.41) is 3.67. The monoisotopic (exact) mass is 283 g/mol. The first kappa shape index (κ1) is 17.9. The van der Waals surface area contributed by atoms with Gasteiger partial charge in [0.05, 0.1) is 0 Å². The van der Waals surface area contributed by atoms with Crippen LogP contribution in [0.5, 0.6) is 0 Å². The second-order valence-corrected chi connectivity index (χ2v) is 7.69. The molecule has 3 nitrogen and oxygen atoms in total. The number of likely N-dealkylation sites (N-methyl/N-ethyl adjacent to an activating group) is 1. The van der Waals surface area contributed by atoms with Crippen molar-refractivity contribution in [3.63, 3.8) is 0 Å². The van der Waals surface area contributed by atoms with Crippen molar-refractivity contribution in [3.8, 4) is 0 Å². The minimum absolute atomic E-state index is 0.303. The molecule has 1 heterocycles. The summed E-state index contributed by atoms with van der Waals surface area (Å²) >= 11 is 0. The standard InChI is InChI=1S/C17H37N3/c1-8-17(9-2,12-18-15(3)4)14-20-11-10-19(7)16(5,6)13-20/h15,18H,8-14H2,1-7H3. The Morgan fingerprint density at radius 3 is 2.20 bits per heavy atom. The molecule has 0 bridgehead atoms. The molecule has 1 aliphatic heterocycles. The highest BCUT2D eigenvalue weighted by Gasteiger charge is 2.35. The highest BCUT2D eigenvalue weighted by atomic mass is 15.3. The summed E-state index contributed by atoms with van der Waals surface area (Å²) < 4.78 is 0. The van der Waals surface area contributed by atoms with Crippen LogP contribution < -0.4 is 5.32 Å². The van der Waals surface area contributed by atoms with Gasteiger partial charge in [-0.05, 0) is 39.2 Å². The number of hydrogen-bond donors (Lipinski definition) is 1. The maximum absolute atomic E-state index is 3.67. The number of rotatable bonds is 7. The van der Waals surface area contributed by atoms with Crippen LogP contribution in [0.3, 0.4) is 0 Å². The molecule has 1 fully saturated rings. The number of hydrogen-bond acceptors (Lipinski definition) is 3. The summed E-state index contributed by atoms with van der Waals surface area (Å²) in [6.07, 6.45) is 2.52. The lowest BCUT2D eigenvalue weighted by Gasteiger charge is -2.48. The average Bonchev–Trinajstić information content (AvgIpc) is 2.38. The third kappa shape index (κ3) is 4.71. The van der Waals surface area contributed by atoms with E-state index in [4.69, 9.17) is 0 Å². The zero-order valence-electron chi connectivity index (χ0n) is 14.9. The molecule has 0 aromatic carbocycles. The normalized spacial score (nSPS) is 21.6. The minimum Gasteiger partial charge on any atom is -0.314 e. The molecule has 1 saturated heterocycles. The van der Waals surface area contributed by atoms with Gasteiger partial charge in [-0.2, -0.15) is 0 Å². The van der Waals surface area contributed by atoms with Gasteiger partial charge in [0.1, 0.15) is 0 Å². The Balaban J connectivity index is 2.66. The molecule has 0 amide bonds. The summed E-state index contributed by atoms with van der Waals surface area (Å²) in [4.78, 5) is 5.18. The smallest absolute Gasteiger partial charge is 0.0277 e. The third-order valence-corrected chi connectivity index (χ3v) is 5.34. The topological polar surface area (TPSA) is 18.5 Å². The summed E-state index contributed by atoms with van der Waals surface area (Å²) in [6.45, 7) is 19.9. The van der Waals surface area contributed by atoms with Gasteiger partial charge in [-0.3, -0.25) is 9.80 Å². The van der Waals surface area contributed by atoms with Crippen molar-refractivity contribution >= 4 is 0 Å². The average molecular weight is 284 g/mol. The van der Waals surface area contributed by atoms with Gasteiger partial charge in [-0.15, -0.1) is 0 Å². The minimum atomic E-state index is 0.303. The van der Waals surface area contributed by atoms with Crippen LogP contribution in [-0.4, -0.2) is 61.2 Å². The van der Waals surface area contributed by atoms with Crippen molar-refractivity contribution in [3.05, 3.63) is 0 Å². The van der Waals surface area contributed by atoms with Gasteiger partial charge in [0.2, 0.25) is 0 Å². The predicted octanol–water partition coefficient (Wildman–Crippen LogP) is 2.82. The second-order valence-electron chi connectivity index (χ2n) is 7.69. The number of nitrogens with one attached hydrogen (secondary N) is 1. The Hall–Kier alpha value is -0.120. The Kier molecular flexibility index (Phi) is 6.49. The molecule has 0 saturated carbocycles. The van der Waals surface area contributed by atoms with E-state index < -0.39 is 0 Å². The molecule has 0 unspecified atom stereocenters. The lowest BCUT2D eigenvalue weighted by Crippen LogP contribution is -2.59. The van der Waals surface area contributed by atoms with E-state index in [2.05, 4.69) is 63.7 Å². The van der Waals surface area contributed by atoms with Crippen LogP contribution in [0.2, 0.25) is 0 Å².